The lowest BCUT2D eigenvalue weighted by Crippen LogP contribution is -2.14. The SMILES string of the molecule is Cc1ccc2cccc(NC(=O)c3ncn[nH]3)c2n1. The van der Waals surface area contributed by atoms with Crippen LogP contribution < -0.4 is 5.32 Å². The van der Waals surface area contributed by atoms with E-state index in [4.69, 9.17) is 0 Å². The predicted octanol–water partition coefficient (Wildman–Crippen LogP) is 1.91. The van der Waals surface area contributed by atoms with Gasteiger partial charge in [0, 0.05) is 11.1 Å². The number of H-pyrrole nitrogens is 1. The van der Waals surface area contributed by atoms with Gasteiger partial charge in [-0.15, -0.1) is 0 Å². The van der Waals surface area contributed by atoms with Gasteiger partial charge in [0.2, 0.25) is 5.82 Å². The molecule has 0 unspecified atom stereocenters. The van der Waals surface area contributed by atoms with Crippen molar-refractivity contribution >= 4 is 22.5 Å². The number of aryl methyl sites for hydroxylation is 1. The Kier molecular flexibility index (Phi) is 2.68. The minimum absolute atomic E-state index is 0.171. The third kappa shape index (κ3) is 2.15. The van der Waals surface area contributed by atoms with E-state index < -0.39 is 0 Å². The molecule has 94 valence electrons. The highest BCUT2D eigenvalue weighted by Gasteiger charge is 2.11. The number of para-hydroxylation sites is 1. The number of aromatic nitrogens is 4. The molecule has 0 aliphatic carbocycles. The molecule has 0 fully saturated rings. The van der Waals surface area contributed by atoms with Crippen molar-refractivity contribution in [1.29, 1.82) is 0 Å². The van der Waals surface area contributed by atoms with Crippen LogP contribution in [0.4, 0.5) is 5.69 Å². The molecule has 0 saturated carbocycles. The summed E-state index contributed by atoms with van der Waals surface area (Å²) >= 11 is 0. The van der Waals surface area contributed by atoms with Gasteiger partial charge in [-0.1, -0.05) is 18.2 Å². The van der Waals surface area contributed by atoms with E-state index in [2.05, 4.69) is 25.5 Å². The van der Waals surface area contributed by atoms with Crippen LogP contribution in [0, 0.1) is 6.92 Å². The van der Waals surface area contributed by atoms with Crippen molar-refractivity contribution in [2.75, 3.05) is 5.32 Å². The molecular formula is C13H11N5O. The van der Waals surface area contributed by atoms with Gasteiger partial charge in [0.05, 0.1) is 11.2 Å². The molecule has 0 aliphatic rings. The third-order valence-electron chi connectivity index (χ3n) is 2.74. The summed E-state index contributed by atoms with van der Waals surface area (Å²) in [6, 6.07) is 9.54. The van der Waals surface area contributed by atoms with Crippen LogP contribution in [0.2, 0.25) is 0 Å². The Bertz CT molecular complexity index is 736. The fourth-order valence-electron chi connectivity index (χ4n) is 1.84. The van der Waals surface area contributed by atoms with Gasteiger partial charge in [-0.3, -0.25) is 14.9 Å². The van der Waals surface area contributed by atoms with Gasteiger partial charge in [0.1, 0.15) is 6.33 Å². The number of benzene rings is 1. The summed E-state index contributed by atoms with van der Waals surface area (Å²) in [6.07, 6.45) is 1.29. The van der Waals surface area contributed by atoms with E-state index in [0.29, 0.717) is 5.69 Å². The molecule has 0 atom stereocenters. The number of nitrogens with one attached hydrogen (secondary N) is 2. The summed E-state index contributed by atoms with van der Waals surface area (Å²) < 4.78 is 0. The highest BCUT2D eigenvalue weighted by atomic mass is 16.2. The van der Waals surface area contributed by atoms with E-state index in [0.717, 1.165) is 16.6 Å². The summed E-state index contributed by atoms with van der Waals surface area (Å²) in [4.78, 5) is 20.2. The molecule has 3 rings (SSSR count). The van der Waals surface area contributed by atoms with Gasteiger partial charge in [-0.2, -0.15) is 5.10 Å². The fourth-order valence-corrected chi connectivity index (χ4v) is 1.84. The first-order chi connectivity index (χ1) is 9.24. The number of pyridine rings is 1. The van der Waals surface area contributed by atoms with Gasteiger partial charge >= 0.3 is 0 Å². The lowest BCUT2D eigenvalue weighted by Gasteiger charge is -2.07. The van der Waals surface area contributed by atoms with Crippen molar-refractivity contribution in [1.82, 2.24) is 20.2 Å². The van der Waals surface area contributed by atoms with E-state index in [1.165, 1.54) is 6.33 Å². The average molecular weight is 253 g/mol. The Morgan fingerprint density at radius 3 is 2.95 bits per heavy atom. The molecule has 0 aliphatic heterocycles. The van der Waals surface area contributed by atoms with Crippen LogP contribution in [0.1, 0.15) is 16.3 Å². The van der Waals surface area contributed by atoms with Crippen LogP contribution in [-0.2, 0) is 0 Å². The van der Waals surface area contributed by atoms with E-state index >= 15 is 0 Å². The quantitative estimate of drug-likeness (QED) is 0.730. The number of anilines is 1. The van der Waals surface area contributed by atoms with Gasteiger partial charge in [-0.25, -0.2) is 4.98 Å². The molecule has 0 bridgehead atoms. The van der Waals surface area contributed by atoms with E-state index in [9.17, 15) is 4.79 Å². The number of aromatic amines is 1. The van der Waals surface area contributed by atoms with E-state index in [1.54, 1.807) is 0 Å². The zero-order valence-corrected chi connectivity index (χ0v) is 10.2. The number of hydrogen-bond acceptors (Lipinski definition) is 4. The van der Waals surface area contributed by atoms with Crippen LogP contribution in [0.5, 0.6) is 0 Å². The predicted molar refractivity (Wildman–Crippen MR) is 70.8 cm³/mol. The highest BCUT2D eigenvalue weighted by Crippen LogP contribution is 2.21. The van der Waals surface area contributed by atoms with Gasteiger partial charge < -0.3 is 5.32 Å². The summed E-state index contributed by atoms with van der Waals surface area (Å²) in [5.41, 5.74) is 2.31. The second-order valence-electron chi connectivity index (χ2n) is 4.12. The summed E-state index contributed by atoms with van der Waals surface area (Å²) in [6.45, 7) is 1.91. The minimum Gasteiger partial charge on any atom is -0.317 e. The van der Waals surface area contributed by atoms with Crippen molar-refractivity contribution in [3.8, 4) is 0 Å². The van der Waals surface area contributed by atoms with Crippen LogP contribution in [0.25, 0.3) is 10.9 Å². The maximum absolute atomic E-state index is 11.9. The second kappa shape index (κ2) is 4.49. The molecule has 3 aromatic rings. The number of carbonyl (C=O) groups is 1. The van der Waals surface area contributed by atoms with Crippen LogP contribution in [0.15, 0.2) is 36.7 Å². The van der Waals surface area contributed by atoms with Crippen LogP contribution in [-0.4, -0.2) is 26.1 Å². The Hall–Kier alpha value is -2.76. The molecule has 19 heavy (non-hydrogen) atoms. The van der Waals surface area contributed by atoms with Crippen molar-refractivity contribution < 1.29 is 4.79 Å². The van der Waals surface area contributed by atoms with E-state index in [-0.39, 0.29) is 11.7 Å². The number of rotatable bonds is 2. The third-order valence-corrected chi connectivity index (χ3v) is 2.74. The molecule has 2 heterocycles. The molecule has 0 spiro atoms. The maximum Gasteiger partial charge on any atom is 0.293 e. The average Bonchev–Trinajstić information content (AvgIpc) is 2.93. The number of fused-ring (bicyclic) bond motifs is 1. The Morgan fingerprint density at radius 1 is 1.26 bits per heavy atom. The standard InChI is InChI=1S/C13H11N5O/c1-8-5-6-9-3-2-4-10(11(9)16-8)17-13(19)12-14-7-15-18-12/h2-7H,1H3,(H,17,19)(H,14,15,18). The molecule has 2 N–H and O–H groups in total. The van der Waals surface area contributed by atoms with Crippen LogP contribution in [0.3, 0.4) is 0 Å². The first kappa shape index (κ1) is 11.3. The molecule has 2 aromatic heterocycles. The van der Waals surface area contributed by atoms with Crippen molar-refractivity contribution in [3.63, 3.8) is 0 Å². The number of carbonyl (C=O) groups excluding carboxylic acids is 1. The second-order valence-corrected chi connectivity index (χ2v) is 4.12. The summed E-state index contributed by atoms with van der Waals surface area (Å²) in [7, 11) is 0. The normalized spacial score (nSPS) is 10.6. The Labute approximate surface area is 108 Å². The molecule has 6 heteroatoms. The molecule has 6 nitrogen and oxygen atoms in total. The zero-order valence-electron chi connectivity index (χ0n) is 10.2. The maximum atomic E-state index is 11.9. The topological polar surface area (TPSA) is 83.6 Å². The molecule has 0 radical (unpaired) electrons. The van der Waals surface area contributed by atoms with Gasteiger partial charge in [0.15, 0.2) is 0 Å². The monoisotopic (exact) mass is 253 g/mol. The first-order valence-electron chi connectivity index (χ1n) is 5.77. The summed E-state index contributed by atoms with van der Waals surface area (Å²) in [5, 5.41) is 9.92. The largest absolute Gasteiger partial charge is 0.317 e. The lowest BCUT2D eigenvalue weighted by atomic mass is 10.1. The van der Waals surface area contributed by atoms with Gasteiger partial charge in [0.25, 0.3) is 5.91 Å². The fraction of sp³-hybridized carbons (Fsp3) is 0.0769. The van der Waals surface area contributed by atoms with Crippen molar-refractivity contribution in [2.45, 2.75) is 6.92 Å². The van der Waals surface area contributed by atoms with Crippen LogP contribution >= 0.6 is 0 Å². The molecule has 0 saturated heterocycles. The Balaban J connectivity index is 2.01. The van der Waals surface area contributed by atoms with E-state index in [1.807, 2.05) is 37.3 Å². The number of amides is 1. The Morgan fingerprint density at radius 2 is 2.16 bits per heavy atom. The minimum atomic E-state index is -0.340. The molecule has 1 amide bonds. The summed E-state index contributed by atoms with van der Waals surface area (Å²) in [5.74, 6) is -0.169. The molecule has 1 aromatic carbocycles. The smallest absolute Gasteiger partial charge is 0.293 e. The van der Waals surface area contributed by atoms with Crippen molar-refractivity contribution in [3.05, 3.63) is 48.2 Å². The number of nitrogens with zero attached hydrogens (tertiary/aromatic N) is 3. The first-order valence-corrected chi connectivity index (χ1v) is 5.77. The lowest BCUT2D eigenvalue weighted by molar-refractivity contribution is 0.101. The van der Waals surface area contributed by atoms with Crippen molar-refractivity contribution in [2.24, 2.45) is 0 Å². The zero-order chi connectivity index (χ0) is 13.2. The van der Waals surface area contributed by atoms with Gasteiger partial charge in [-0.05, 0) is 19.1 Å². The highest BCUT2D eigenvalue weighted by molar-refractivity contribution is 6.06. The number of hydrogen-bond donors (Lipinski definition) is 2. The molecular weight excluding hydrogens is 242 g/mol.